The van der Waals surface area contributed by atoms with E-state index in [4.69, 9.17) is 5.73 Å². The highest BCUT2D eigenvalue weighted by atomic mass is 19.3. The molecule has 0 amide bonds. The number of methoxy groups -OCH3 is 1. The Kier molecular flexibility index (Phi) is 3.29. The minimum absolute atomic E-state index is 0.0545. The Bertz CT molecular complexity index is 331. The van der Waals surface area contributed by atoms with Crippen molar-refractivity contribution >= 4 is 0 Å². The van der Waals surface area contributed by atoms with Crippen LogP contribution in [0, 0.1) is 5.95 Å². The second-order valence-electron chi connectivity index (χ2n) is 2.54. The maximum atomic E-state index is 13.0. The standard InChI is InChI=1S/C8H9F3N2O/c1-14-8-5(6(9)10)2-4(3-12)7(11)13-8/h2,6H,3,12H2,1H3. The van der Waals surface area contributed by atoms with Crippen molar-refractivity contribution in [1.29, 1.82) is 0 Å². The quantitative estimate of drug-likeness (QED) is 0.764. The van der Waals surface area contributed by atoms with E-state index in [2.05, 4.69) is 9.72 Å². The number of hydrogen-bond acceptors (Lipinski definition) is 3. The lowest BCUT2D eigenvalue weighted by molar-refractivity contribution is 0.145. The van der Waals surface area contributed by atoms with Gasteiger partial charge in [0.15, 0.2) is 0 Å². The van der Waals surface area contributed by atoms with Gasteiger partial charge in [-0.1, -0.05) is 0 Å². The maximum Gasteiger partial charge on any atom is 0.269 e. The van der Waals surface area contributed by atoms with Gasteiger partial charge in [0.25, 0.3) is 6.43 Å². The van der Waals surface area contributed by atoms with Crippen molar-refractivity contribution < 1.29 is 17.9 Å². The van der Waals surface area contributed by atoms with Crippen LogP contribution in [0.2, 0.25) is 0 Å². The summed E-state index contributed by atoms with van der Waals surface area (Å²) < 4.78 is 42.2. The number of nitrogens with zero attached hydrogens (tertiary/aromatic N) is 1. The summed E-state index contributed by atoms with van der Waals surface area (Å²) in [5.74, 6) is -1.29. The maximum absolute atomic E-state index is 13.0. The minimum Gasteiger partial charge on any atom is -0.481 e. The average molecular weight is 206 g/mol. The molecule has 0 saturated carbocycles. The van der Waals surface area contributed by atoms with Crippen LogP contribution >= 0.6 is 0 Å². The lowest BCUT2D eigenvalue weighted by Gasteiger charge is -2.08. The van der Waals surface area contributed by atoms with E-state index < -0.39 is 23.8 Å². The molecule has 0 atom stereocenters. The number of rotatable bonds is 3. The van der Waals surface area contributed by atoms with E-state index in [9.17, 15) is 13.2 Å². The average Bonchev–Trinajstić information content (AvgIpc) is 2.16. The molecule has 78 valence electrons. The Labute approximate surface area is 78.7 Å². The van der Waals surface area contributed by atoms with Crippen molar-refractivity contribution in [3.05, 3.63) is 23.1 Å². The lowest BCUT2D eigenvalue weighted by Crippen LogP contribution is -2.06. The van der Waals surface area contributed by atoms with Gasteiger partial charge in [-0.2, -0.15) is 9.37 Å². The van der Waals surface area contributed by atoms with Gasteiger partial charge in [0.2, 0.25) is 11.8 Å². The van der Waals surface area contributed by atoms with Gasteiger partial charge < -0.3 is 10.5 Å². The first-order chi connectivity index (χ1) is 6.60. The number of ether oxygens (including phenoxy) is 1. The van der Waals surface area contributed by atoms with Crippen LogP contribution in [0.4, 0.5) is 13.2 Å². The number of halogens is 3. The van der Waals surface area contributed by atoms with E-state index in [1.165, 1.54) is 0 Å². The Hall–Kier alpha value is -1.30. The van der Waals surface area contributed by atoms with Gasteiger partial charge in [-0.05, 0) is 6.07 Å². The third-order valence-corrected chi connectivity index (χ3v) is 1.69. The molecule has 0 aliphatic rings. The van der Waals surface area contributed by atoms with E-state index in [-0.39, 0.29) is 12.1 Å². The molecule has 0 aliphatic heterocycles. The number of pyridine rings is 1. The summed E-state index contributed by atoms with van der Waals surface area (Å²) in [6.45, 7) is -0.178. The highest BCUT2D eigenvalue weighted by Gasteiger charge is 2.18. The Morgan fingerprint density at radius 1 is 1.57 bits per heavy atom. The fraction of sp³-hybridized carbons (Fsp3) is 0.375. The van der Waals surface area contributed by atoms with Crippen LogP contribution in [0.5, 0.6) is 5.88 Å². The van der Waals surface area contributed by atoms with E-state index in [1.807, 2.05) is 0 Å². The third-order valence-electron chi connectivity index (χ3n) is 1.69. The third kappa shape index (κ3) is 1.95. The fourth-order valence-electron chi connectivity index (χ4n) is 0.997. The first kappa shape index (κ1) is 10.8. The Morgan fingerprint density at radius 2 is 2.21 bits per heavy atom. The molecule has 1 aromatic heterocycles. The van der Waals surface area contributed by atoms with Crippen molar-refractivity contribution in [3.8, 4) is 5.88 Å². The smallest absolute Gasteiger partial charge is 0.269 e. The van der Waals surface area contributed by atoms with Crippen molar-refractivity contribution in [2.24, 2.45) is 5.73 Å². The number of aromatic nitrogens is 1. The van der Waals surface area contributed by atoms with E-state index in [0.717, 1.165) is 13.2 Å². The zero-order chi connectivity index (χ0) is 10.7. The summed E-state index contributed by atoms with van der Waals surface area (Å²) in [4.78, 5) is 3.23. The second-order valence-corrected chi connectivity index (χ2v) is 2.54. The predicted octanol–water partition coefficient (Wildman–Crippen LogP) is 1.63. The van der Waals surface area contributed by atoms with Crippen LogP contribution in [0.15, 0.2) is 6.07 Å². The SMILES string of the molecule is COc1nc(F)c(CN)cc1C(F)F. The Balaban J connectivity index is 3.25. The second kappa shape index (κ2) is 4.28. The van der Waals surface area contributed by atoms with Crippen LogP contribution in [0.1, 0.15) is 17.6 Å². The van der Waals surface area contributed by atoms with Crippen molar-refractivity contribution in [2.45, 2.75) is 13.0 Å². The molecule has 2 N–H and O–H groups in total. The molecule has 6 heteroatoms. The van der Waals surface area contributed by atoms with Crippen LogP contribution < -0.4 is 10.5 Å². The highest BCUT2D eigenvalue weighted by molar-refractivity contribution is 5.31. The van der Waals surface area contributed by atoms with Gasteiger partial charge in [-0.25, -0.2) is 8.78 Å². The summed E-state index contributed by atoms with van der Waals surface area (Å²) in [5, 5.41) is 0. The lowest BCUT2D eigenvalue weighted by atomic mass is 10.2. The monoisotopic (exact) mass is 206 g/mol. The summed E-state index contributed by atoms with van der Waals surface area (Å²) in [6.07, 6.45) is -2.76. The van der Waals surface area contributed by atoms with Gasteiger partial charge in [-0.3, -0.25) is 0 Å². The number of nitrogens with two attached hydrogens (primary N) is 1. The zero-order valence-corrected chi connectivity index (χ0v) is 7.43. The van der Waals surface area contributed by atoms with Gasteiger partial charge >= 0.3 is 0 Å². The summed E-state index contributed by atoms with van der Waals surface area (Å²) in [6, 6.07) is 0.964. The molecule has 0 unspecified atom stereocenters. The van der Waals surface area contributed by atoms with Crippen molar-refractivity contribution in [2.75, 3.05) is 7.11 Å². The van der Waals surface area contributed by atoms with Crippen molar-refractivity contribution in [1.82, 2.24) is 4.98 Å². The molecule has 0 bridgehead atoms. The number of hydrogen-bond donors (Lipinski definition) is 1. The number of alkyl halides is 2. The van der Waals surface area contributed by atoms with E-state index in [1.54, 1.807) is 0 Å². The van der Waals surface area contributed by atoms with Gasteiger partial charge in [0.1, 0.15) is 0 Å². The molecule has 1 rings (SSSR count). The van der Waals surface area contributed by atoms with Crippen LogP contribution in [-0.2, 0) is 6.54 Å². The summed E-state index contributed by atoms with van der Waals surface area (Å²) in [7, 11) is 1.15. The van der Waals surface area contributed by atoms with Crippen LogP contribution in [-0.4, -0.2) is 12.1 Å². The molecule has 0 spiro atoms. The molecular formula is C8H9F3N2O. The highest BCUT2D eigenvalue weighted by Crippen LogP contribution is 2.28. The molecule has 14 heavy (non-hydrogen) atoms. The molecule has 0 radical (unpaired) electrons. The zero-order valence-electron chi connectivity index (χ0n) is 7.43. The normalized spacial score (nSPS) is 10.7. The minimum atomic E-state index is -2.76. The van der Waals surface area contributed by atoms with Crippen molar-refractivity contribution in [3.63, 3.8) is 0 Å². The van der Waals surface area contributed by atoms with Crippen LogP contribution in [0.3, 0.4) is 0 Å². The summed E-state index contributed by atoms with van der Waals surface area (Å²) >= 11 is 0. The first-order valence-electron chi connectivity index (χ1n) is 3.81. The molecule has 0 aliphatic carbocycles. The van der Waals surface area contributed by atoms with E-state index >= 15 is 0 Å². The molecule has 3 nitrogen and oxygen atoms in total. The molecule has 1 aromatic rings. The van der Waals surface area contributed by atoms with Gasteiger partial charge in [0.05, 0.1) is 12.7 Å². The van der Waals surface area contributed by atoms with E-state index in [0.29, 0.717) is 0 Å². The summed E-state index contributed by atoms with van der Waals surface area (Å²) in [5.41, 5.74) is 4.64. The molecular weight excluding hydrogens is 197 g/mol. The topological polar surface area (TPSA) is 48.1 Å². The molecule has 0 saturated heterocycles. The molecule has 0 aromatic carbocycles. The first-order valence-corrected chi connectivity index (χ1v) is 3.81. The Morgan fingerprint density at radius 3 is 2.64 bits per heavy atom. The van der Waals surface area contributed by atoms with Gasteiger partial charge in [0, 0.05) is 12.1 Å². The van der Waals surface area contributed by atoms with Gasteiger partial charge in [-0.15, -0.1) is 0 Å². The molecule has 0 fully saturated rings. The fourth-order valence-corrected chi connectivity index (χ4v) is 0.997. The van der Waals surface area contributed by atoms with Crippen LogP contribution in [0.25, 0.3) is 0 Å². The largest absolute Gasteiger partial charge is 0.481 e. The predicted molar refractivity (Wildman–Crippen MR) is 43.6 cm³/mol. The molecule has 1 heterocycles.